The van der Waals surface area contributed by atoms with E-state index in [-0.39, 0.29) is 24.2 Å². The van der Waals surface area contributed by atoms with Crippen LogP contribution in [0.15, 0.2) is 149 Å². The van der Waals surface area contributed by atoms with Crippen molar-refractivity contribution >= 4 is 23.1 Å². The van der Waals surface area contributed by atoms with Crippen molar-refractivity contribution < 1.29 is 14.6 Å². The molecule has 2 atom stereocenters. The van der Waals surface area contributed by atoms with Gasteiger partial charge >= 0.3 is 5.97 Å². The van der Waals surface area contributed by atoms with Crippen LogP contribution >= 0.6 is 0 Å². The summed E-state index contributed by atoms with van der Waals surface area (Å²) in [4.78, 5) is 37.0. The van der Waals surface area contributed by atoms with Crippen LogP contribution in [0.1, 0.15) is 65.9 Å². The van der Waals surface area contributed by atoms with Gasteiger partial charge in [-0.1, -0.05) is 31.8 Å². The maximum absolute atomic E-state index is 12.4. The number of hydrogen-bond donors (Lipinski definition) is 2. The van der Waals surface area contributed by atoms with Crippen molar-refractivity contribution in [2.24, 2.45) is 26.8 Å². The lowest BCUT2D eigenvalue weighted by atomic mass is 9.86. The third kappa shape index (κ3) is 5.84. The van der Waals surface area contributed by atoms with Crippen LogP contribution in [0.5, 0.6) is 0 Å². The van der Waals surface area contributed by atoms with Crippen molar-refractivity contribution in [1.82, 2.24) is 15.3 Å². The number of rotatable bonds is 5. The normalized spacial score (nSPS) is 21.6. The first-order valence-corrected chi connectivity index (χ1v) is 18.1. The number of aliphatic imine (C=N–C) groups is 3. The summed E-state index contributed by atoms with van der Waals surface area (Å²) in [6, 6.07) is 9.61. The minimum atomic E-state index is -0.252. The number of nitrogens with zero attached hydrogens (tertiary/aromatic N) is 5. The molecule has 264 valence electrons. The number of pyridine rings is 2. The number of aliphatic hydroxyl groups excluding tert-OH is 1. The summed E-state index contributed by atoms with van der Waals surface area (Å²) >= 11 is 0. The highest BCUT2D eigenvalue weighted by Crippen LogP contribution is 2.46. The Labute approximate surface area is 309 Å². The van der Waals surface area contributed by atoms with Gasteiger partial charge in [0.25, 0.3) is 0 Å². The maximum atomic E-state index is 12.4. The first-order valence-electron chi connectivity index (χ1n) is 18.1. The fourth-order valence-electron chi connectivity index (χ4n) is 7.98. The van der Waals surface area contributed by atoms with Gasteiger partial charge in [0.05, 0.1) is 58.2 Å². The first-order chi connectivity index (χ1) is 25.7. The molecule has 9 heteroatoms. The largest absolute Gasteiger partial charge is 0.511 e. The van der Waals surface area contributed by atoms with Crippen LogP contribution in [0.25, 0.3) is 11.4 Å². The molecular weight excluding hydrogens is 661 g/mol. The van der Waals surface area contributed by atoms with E-state index < -0.39 is 0 Å². The van der Waals surface area contributed by atoms with Gasteiger partial charge < -0.3 is 15.2 Å². The van der Waals surface area contributed by atoms with Gasteiger partial charge in [0.1, 0.15) is 11.5 Å². The minimum Gasteiger partial charge on any atom is -0.511 e. The van der Waals surface area contributed by atoms with Gasteiger partial charge in [-0.2, -0.15) is 0 Å². The maximum Gasteiger partial charge on any atom is 0.305 e. The van der Waals surface area contributed by atoms with Crippen LogP contribution < -0.4 is 5.32 Å². The molecule has 0 radical (unpaired) electrons. The number of carbonyl (C=O) groups excluding carboxylic acids is 1. The van der Waals surface area contributed by atoms with Crippen LogP contribution in [0, 0.1) is 23.7 Å². The Morgan fingerprint density at radius 1 is 0.943 bits per heavy atom. The van der Waals surface area contributed by atoms with Crippen molar-refractivity contribution in [3.05, 3.63) is 140 Å². The summed E-state index contributed by atoms with van der Waals surface area (Å²) < 4.78 is 5.03. The van der Waals surface area contributed by atoms with Gasteiger partial charge in [0.15, 0.2) is 0 Å². The number of allylic oxidation sites excluding steroid dienone is 12. The first kappa shape index (κ1) is 34.0. The molecule has 2 aromatic rings. The second kappa shape index (κ2) is 13.4. The van der Waals surface area contributed by atoms with E-state index in [1.165, 1.54) is 7.11 Å². The number of carbonyl (C=O) groups is 1. The number of ether oxygens (including phenoxy) is 1. The molecule has 0 amide bonds. The van der Waals surface area contributed by atoms with Crippen molar-refractivity contribution in [1.29, 1.82) is 0 Å². The number of aromatic nitrogens is 2. The summed E-state index contributed by atoms with van der Waals surface area (Å²) in [5.74, 6) is 6.94. The van der Waals surface area contributed by atoms with E-state index in [1.54, 1.807) is 12.4 Å². The molecule has 53 heavy (non-hydrogen) atoms. The lowest BCUT2D eigenvalue weighted by Gasteiger charge is -2.17. The van der Waals surface area contributed by atoms with Crippen LogP contribution in [0.4, 0.5) is 0 Å². The Morgan fingerprint density at radius 2 is 1.74 bits per heavy atom. The monoisotopic (exact) mass is 700 g/mol. The molecule has 8 rings (SSSR count). The Balaban J connectivity index is 1.32. The van der Waals surface area contributed by atoms with E-state index in [4.69, 9.17) is 19.7 Å². The third-order valence-electron chi connectivity index (χ3n) is 11.0. The highest BCUT2D eigenvalue weighted by atomic mass is 16.5. The van der Waals surface area contributed by atoms with Crippen LogP contribution in [0.3, 0.4) is 0 Å². The second-order valence-corrected chi connectivity index (χ2v) is 14.0. The number of nitrogens with one attached hydrogen (secondary N) is 1. The molecule has 6 aliphatic rings. The average Bonchev–Trinajstić information content (AvgIpc) is 3.92. The zero-order valence-electron chi connectivity index (χ0n) is 30.8. The average molecular weight is 701 g/mol. The lowest BCUT2D eigenvalue weighted by Crippen LogP contribution is -2.16. The van der Waals surface area contributed by atoms with Crippen molar-refractivity contribution in [2.75, 3.05) is 7.11 Å². The molecule has 0 saturated carbocycles. The van der Waals surface area contributed by atoms with Gasteiger partial charge in [0, 0.05) is 59.6 Å². The van der Waals surface area contributed by atoms with E-state index in [1.807, 2.05) is 49.4 Å². The molecule has 2 N–H and O–H groups in total. The molecule has 1 aliphatic carbocycles. The molecule has 0 unspecified atom stereocenters. The summed E-state index contributed by atoms with van der Waals surface area (Å²) in [7, 11) is 1.42. The molecule has 1 saturated heterocycles. The quantitative estimate of drug-likeness (QED) is 0.240. The summed E-state index contributed by atoms with van der Waals surface area (Å²) in [6.07, 6.45) is 11.7. The number of hydrogen-bond acceptors (Lipinski definition) is 9. The van der Waals surface area contributed by atoms with Gasteiger partial charge in [-0.3, -0.25) is 14.8 Å². The molecule has 9 nitrogen and oxygen atoms in total. The summed E-state index contributed by atoms with van der Waals surface area (Å²) in [5.41, 5.74) is 15.7. The van der Waals surface area contributed by atoms with E-state index in [2.05, 4.69) is 60.9 Å². The zero-order chi connectivity index (χ0) is 37.0. The standard InChI is InChI=1S/C44H40N6O3/c1-7-28-23(2)34-21-38-29(14-13-27-11-10-18-46-42(27)32-12-8-9-17-45-32)24(3)33(48-38)20-35-25(4)30(15-16-40(52)53-6)43(49-35)31-19-39(51)41-26(5)36(50-44(31)41)22-37(28)47-34/h8-12,17-18,20-22,25,30,49,51H,7,15-16,19H2,1-6H3/t25-,30-/m0/s1. The Kier molecular flexibility index (Phi) is 8.62. The molecule has 7 heterocycles. The molecule has 5 aliphatic heterocycles. The van der Waals surface area contributed by atoms with Crippen molar-refractivity contribution in [3.8, 4) is 23.2 Å². The number of esters is 1. The molecule has 0 spiro atoms. The zero-order valence-corrected chi connectivity index (χ0v) is 30.8. The number of fused-ring (bicyclic) bond motifs is 5. The topological polar surface area (TPSA) is 121 Å². The SMILES string of the molecule is CCC1=C(C)C2=NC1=CC1=C(C)C3=C(O)CC(=C4NC(=CC5=NC(=C2)C(C#Cc2cccnc2-c2ccccn2)=C5C)[C@@H](C)[C@@H]4CCC(=O)OC)C3=N1. The smallest absolute Gasteiger partial charge is 0.305 e. The van der Waals surface area contributed by atoms with Crippen molar-refractivity contribution in [2.45, 2.75) is 60.3 Å². The van der Waals surface area contributed by atoms with Crippen LogP contribution in [0.2, 0.25) is 0 Å². The van der Waals surface area contributed by atoms with E-state index in [0.717, 1.165) is 108 Å². The molecule has 1 fully saturated rings. The van der Waals surface area contributed by atoms with Crippen LogP contribution in [-0.4, -0.2) is 45.3 Å². The van der Waals surface area contributed by atoms with Crippen molar-refractivity contribution in [3.63, 3.8) is 0 Å². The van der Waals surface area contributed by atoms with Gasteiger partial charge in [0.2, 0.25) is 0 Å². The fourth-order valence-corrected chi connectivity index (χ4v) is 7.98. The van der Waals surface area contributed by atoms with Gasteiger partial charge in [-0.15, -0.1) is 0 Å². The summed E-state index contributed by atoms with van der Waals surface area (Å²) in [5, 5.41) is 15.1. The van der Waals surface area contributed by atoms with Crippen LogP contribution in [-0.2, 0) is 9.53 Å². The highest BCUT2D eigenvalue weighted by molar-refractivity contribution is 6.21. The van der Waals surface area contributed by atoms with Gasteiger partial charge in [-0.05, 0) is 98.4 Å². The number of methoxy groups -OCH3 is 1. The Bertz CT molecular complexity index is 2430. The predicted octanol–water partition coefficient (Wildman–Crippen LogP) is 8.12. The predicted molar refractivity (Wildman–Crippen MR) is 208 cm³/mol. The Morgan fingerprint density at radius 3 is 2.51 bits per heavy atom. The highest BCUT2D eigenvalue weighted by Gasteiger charge is 2.41. The Hall–Kier alpha value is -6.14. The van der Waals surface area contributed by atoms with E-state index in [9.17, 15) is 9.90 Å². The molecule has 8 bridgehead atoms. The van der Waals surface area contributed by atoms with E-state index in [0.29, 0.717) is 18.6 Å². The van der Waals surface area contributed by atoms with Gasteiger partial charge in [-0.25, -0.2) is 15.0 Å². The lowest BCUT2D eigenvalue weighted by molar-refractivity contribution is -0.140. The third-order valence-corrected chi connectivity index (χ3v) is 11.0. The number of aliphatic hydroxyl groups is 1. The summed E-state index contributed by atoms with van der Waals surface area (Å²) in [6.45, 7) is 10.5. The minimum absolute atomic E-state index is 0.0220. The molecule has 0 aromatic carbocycles. The second-order valence-electron chi connectivity index (χ2n) is 14.0. The molecular formula is C44H40N6O3. The fraction of sp³-hybridized carbons (Fsp3) is 0.273. The molecule has 2 aromatic heterocycles. The van der Waals surface area contributed by atoms with E-state index >= 15 is 0 Å².